The summed E-state index contributed by atoms with van der Waals surface area (Å²) in [7, 11) is 1.68. The molecule has 0 aliphatic carbocycles. The Labute approximate surface area is 269 Å². The van der Waals surface area contributed by atoms with Crippen LogP contribution in [0.2, 0.25) is 0 Å². The molecule has 1 aliphatic heterocycles. The van der Waals surface area contributed by atoms with E-state index in [4.69, 9.17) is 9.47 Å². The number of methoxy groups -OCH3 is 1. The molecule has 238 valence electrons. The van der Waals surface area contributed by atoms with Crippen molar-refractivity contribution in [3.63, 3.8) is 0 Å². The number of carbonyl (C=O) groups is 3. The number of esters is 1. The molecule has 10 nitrogen and oxygen atoms in total. The Hall–Kier alpha value is -5.51. The van der Waals surface area contributed by atoms with Crippen molar-refractivity contribution in [3.8, 4) is 5.75 Å². The van der Waals surface area contributed by atoms with Crippen molar-refractivity contribution in [3.05, 3.63) is 114 Å². The monoisotopic (exact) mass is 621 g/mol. The maximum Gasteiger partial charge on any atom is 0.338 e. The van der Waals surface area contributed by atoms with E-state index in [2.05, 4.69) is 31.8 Å². The third-order valence-corrected chi connectivity index (χ3v) is 7.74. The standard InChI is InChI=1S/C36H39N5O5/c1-3-46-35(43)27-13-15-28(16-14-27)38-36(44)39-29-17-18-31(30(25-29)34(42)37-20-19-26-9-5-4-6-10-26)40-21-23-41(24-22-40)32-11-7-8-12-33(32)45-2/h4-18,25H,3,19-24H2,1-2H3,(H,37,42)(H2,38,39,44). The van der Waals surface area contributed by atoms with Crippen LogP contribution in [0, 0.1) is 0 Å². The number of piperazine rings is 1. The van der Waals surface area contributed by atoms with Gasteiger partial charge in [0.05, 0.1) is 30.5 Å². The minimum atomic E-state index is -0.475. The van der Waals surface area contributed by atoms with Gasteiger partial charge in [-0.25, -0.2) is 9.59 Å². The minimum absolute atomic E-state index is 0.211. The highest BCUT2D eigenvalue weighted by Gasteiger charge is 2.24. The summed E-state index contributed by atoms with van der Waals surface area (Å²) in [6, 6.07) is 29.3. The van der Waals surface area contributed by atoms with Gasteiger partial charge in [-0.3, -0.25) is 4.79 Å². The van der Waals surface area contributed by atoms with Gasteiger partial charge in [-0.05, 0) is 73.5 Å². The average molecular weight is 622 g/mol. The van der Waals surface area contributed by atoms with E-state index in [1.807, 2.05) is 54.6 Å². The summed E-state index contributed by atoms with van der Waals surface area (Å²) in [5, 5.41) is 8.66. The Morgan fingerprint density at radius 2 is 1.37 bits per heavy atom. The smallest absolute Gasteiger partial charge is 0.338 e. The van der Waals surface area contributed by atoms with E-state index in [0.717, 1.165) is 35.8 Å². The lowest BCUT2D eigenvalue weighted by Gasteiger charge is -2.38. The largest absolute Gasteiger partial charge is 0.495 e. The Morgan fingerprint density at radius 3 is 2.07 bits per heavy atom. The third-order valence-electron chi connectivity index (χ3n) is 7.74. The van der Waals surface area contributed by atoms with Crippen molar-refractivity contribution in [2.24, 2.45) is 0 Å². The highest BCUT2D eigenvalue weighted by molar-refractivity contribution is 6.04. The molecule has 0 saturated carbocycles. The zero-order valence-electron chi connectivity index (χ0n) is 26.1. The molecule has 1 saturated heterocycles. The average Bonchev–Trinajstić information content (AvgIpc) is 3.09. The molecule has 3 N–H and O–H groups in total. The van der Waals surface area contributed by atoms with Gasteiger partial charge in [0, 0.05) is 49.8 Å². The number of para-hydroxylation sites is 2. The first-order valence-corrected chi connectivity index (χ1v) is 15.4. The van der Waals surface area contributed by atoms with Crippen LogP contribution in [0.25, 0.3) is 0 Å². The Bertz CT molecular complexity index is 1640. The van der Waals surface area contributed by atoms with Crippen molar-refractivity contribution in [2.75, 3.05) is 66.9 Å². The molecular weight excluding hydrogens is 582 g/mol. The first kappa shape index (κ1) is 31.9. The number of carbonyl (C=O) groups excluding carboxylic acids is 3. The first-order valence-electron chi connectivity index (χ1n) is 15.4. The van der Waals surface area contributed by atoms with E-state index in [9.17, 15) is 14.4 Å². The fourth-order valence-corrected chi connectivity index (χ4v) is 5.41. The van der Waals surface area contributed by atoms with Gasteiger partial charge in [0.25, 0.3) is 5.91 Å². The highest BCUT2D eigenvalue weighted by atomic mass is 16.5. The lowest BCUT2D eigenvalue weighted by atomic mass is 10.1. The number of nitrogens with one attached hydrogen (secondary N) is 3. The van der Waals surface area contributed by atoms with Gasteiger partial charge in [0.15, 0.2) is 0 Å². The number of ether oxygens (including phenoxy) is 2. The quantitative estimate of drug-likeness (QED) is 0.181. The molecule has 4 aromatic carbocycles. The van der Waals surface area contributed by atoms with Crippen LogP contribution >= 0.6 is 0 Å². The van der Waals surface area contributed by atoms with Gasteiger partial charge in [-0.1, -0.05) is 42.5 Å². The highest BCUT2D eigenvalue weighted by Crippen LogP contribution is 2.31. The van der Waals surface area contributed by atoms with E-state index < -0.39 is 12.0 Å². The van der Waals surface area contributed by atoms with Gasteiger partial charge in [0.2, 0.25) is 0 Å². The van der Waals surface area contributed by atoms with E-state index in [-0.39, 0.29) is 12.5 Å². The molecule has 0 atom stereocenters. The fourth-order valence-electron chi connectivity index (χ4n) is 5.41. The fraction of sp³-hybridized carbons (Fsp3) is 0.250. The summed E-state index contributed by atoms with van der Waals surface area (Å²) in [6.07, 6.45) is 0.703. The van der Waals surface area contributed by atoms with Crippen molar-refractivity contribution >= 4 is 40.7 Å². The second kappa shape index (κ2) is 15.5. The third kappa shape index (κ3) is 8.15. The SMILES string of the molecule is CCOC(=O)c1ccc(NC(=O)Nc2ccc(N3CCN(c4ccccc4OC)CC3)c(C(=O)NCCc3ccccc3)c2)cc1. The number of hydrogen-bond donors (Lipinski definition) is 3. The zero-order valence-corrected chi connectivity index (χ0v) is 26.1. The van der Waals surface area contributed by atoms with E-state index in [1.54, 1.807) is 50.4 Å². The molecule has 1 heterocycles. The second-order valence-corrected chi connectivity index (χ2v) is 10.7. The molecule has 1 fully saturated rings. The van der Waals surface area contributed by atoms with Crippen LogP contribution in [0.1, 0.15) is 33.2 Å². The summed E-state index contributed by atoms with van der Waals surface area (Å²) in [5.41, 5.74) is 4.85. The number of amides is 3. The molecule has 0 spiro atoms. The molecule has 0 aromatic heterocycles. The van der Waals surface area contributed by atoms with Crippen LogP contribution in [0.3, 0.4) is 0 Å². The summed E-state index contributed by atoms with van der Waals surface area (Å²) < 4.78 is 10.6. The molecule has 46 heavy (non-hydrogen) atoms. The number of hydrogen-bond acceptors (Lipinski definition) is 7. The zero-order chi connectivity index (χ0) is 32.3. The molecule has 1 aliphatic rings. The molecule has 4 aromatic rings. The molecule has 0 bridgehead atoms. The Kier molecular flexibility index (Phi) is 10.7. The number of rotatable bonds is 11. The van der Waals surface area contributed by atoms with Gasteiger partial charge < -0.3 is 35.2 Å². The lowest BCUT2D eigenvalue weighted by molar-refractivity contribution is 0.0526. The van der Waals surface area contributed by atoms with E-state index in [1.165, 1.54) is 0 Å². The van der Waals surface area contributed by atoms with Crippen molar-refractivity contribution < 1.29 is 23.9 Å². The van der Waals surface area contributed by atoms with Crippen LogP contribution in [0.4, 0.5) is 27.5 Å². The van der Waals surface area contributed by atoms with Crippen LogP contribution in [0.5, 0.6) is 5.75 Å². The minimum Gasteiger partial charge on any atom is -0.495 e. The van der Waals surface area contributed by atoms with Crippen LogP contribution in [-0.4, -0.2) is 64.3 Å². The summed E-state index contributed by atoms with van der Waals surface area (Å²) in [4.78, 5) is 42.9. The Balaban J connectivity index is 1.29. The number of nitrogens with zero attached hydrogens (tertiary/aromatic N) is 2. The maximum atomic E-state index is 13.6. The normalized spacial score (nSPS) is 12.7. The van der Waals surface area contributed by atoms with Crippen molar-refractivity contribution in [1.82, 2.24) is 5.32 Å². The molecule has 10 heteroatoms. The first-order chi connectivity index (χ1) is 22.4. The Morgan fingerprint density at radius 1 is 0.739 bits per heavy atom. The lowest BCUT2D eigenvalue weighted by Crippen LogP contribution is -2.47. The summed E-state index contributed by atoms with van der Waals surface area (Å²) in [6.45, 7) is 5.43. The van der Waals surface area contributed by atoms with E-state index in [0.29, 0.717) is 48.6 Å². The molecule has 5 rings (SSSR count). The summed E-state index contributed by atoms with van der Waals surface area (Å²) >= 11 is 0. The van der Waals surface area contributed by atoms with Gasteiger partial charge >= 0.3 is 12.0 Å². The molecule has 0 radical (unpaired) electrons. The number of benzene rings is 4. The number of urea groups is 1. The van der Waals surface area contributed by atoms with Gasteiger partial charge in [-0.15, -0.1) is 0 Å². The van der Waals surface area contributed by atoms with Gasteiger partial charge in [-0.2, -0.15) is 0 Å². The molecular formula is C36H39N5O5. The number of anilines is 4. The maximum absolute atomic E-state index is 13.6. The van der Waals surface area contributed by atoms with Crippen LogP contribution in [-0.2, 0) is 11.2 Å². The van der Waals surface area contributed by atoms with Crippen LogP contribution in [0.15, 0.2) is 97.1 Å². The summed E-state index contributed by atoms with van der Waals surface area (Å²) in [5.74, 6) is 0.198. The van der Waals surface area contributed by atoms with Crippen molar-refractivity contribution in [2.45, 2.75) is 13.3 Å². The predicted molar refractivity (Wildman–Crippen MR) is 181 cm³/mol. The van der Waals surface area contributed by atoms with Crippen LogP contribution < -0.4 is 30.5 Å². The predicted octanol–water partition coefficient (Wildman–Crippen LogP) is 5.82. The van der Waals surface area contributed by atoms with E-state index >= 15 is 0 Å². The second-order valence-electron chi connectivity index (χ2n) is 10.7. The van der Waals surface area contributed by atoms with Crippen molar-refractivity contribution in [1.29, 1.82) is 0 Å². The molecule has 0 unspecified atom stereocenters. The topological polar surface area (TPSA) is 112 Å². The van der Waals surface area contributed by atoms with Gasteiger partial charge in [0.1, 0.15) is 5.75 Å². The molecule has 3 amide bonds.